The van der Waals surface area contributed by atoms with Gasteiger partial charge in [0.05, 0.1) is 31.2 Å². The van der Waals surface area contributed by atoms with Crippen LogP contribution in [0.15, 0.2) is 46.8 Å². The first-order valence-electron chi connectivity index (χ1n) is 9.64. The number of ether oxygens (including phenoxy) is 3. The van der Waals surface area contributed by atoms with E-state index >= 15 is 0 Å². The summed E-state index contributed by atoms with van der Waals surface area (Å²) in [6, 6.07) is 11.0. The van der Waals surface area contributed by atoms with Crippen LogP contribution < -0.4 is 14.8 Å². The van der Waals surface area contributed by atoms with Crippen molar-refractivity contribution in [3.8, 4) is 11.5 Å². The summed E-state index contributed by atoms with van der Waals surface area (Å²) >= 11 is 2.66. The highest BCUT2D eigenvalue weighted by atomic mass is 32.2. The molecule has 0 spiro atoms. The molecule has 2 aromatic carbocycles. The Balaban J connectivity index is 1.61. The van der Waals surface area contributed by atoms with Gasteiger partial charge in [-0.25, -0.2) is 4.79 Å². The van der Waals surface area contributed by atoms with E-state index < -0.39 is 12.6 Å². The Hall–Kier alpha value is -3.44. The number of nitrogens with one attached hydrogen (secondary N) is 1. The third-order valence-corrected chi connectivity index (χ3v) is 6.24. The Morgan fingerprint density at radius 2 is 1.85 bits per heavy atom. The summed E-state index contributed by atoms with van der Waals surface area (Å²) in [6.07, 6.45) is 0. The van der Waals surface area contributed by atoms with E-state index in [1.807, 2.05) is 6.92 Å². The molecule has 1 N–H and O–H groups in total. The number of ketones is 1. The van der Waals surface area contributed by atoms with Gasteiger partial charge in [-0.2, -0.15) is 0 Å². The van der Waals surface area contributed by atoms with E-state index in [0.717, 1.165) is 5.01 Å². The van der Waals surface area contributed by atoms with Crippen molar-refractivity contribution >= 4 is 46.4 Å². The number of aromatic nitrogens is 2. The largest absolute Gasteiger partial charge is 0.497 e. The fraction of sp³-hybridized carbons (Fsp3) is 0.227. The summed E-state index contributed by atoms with van der Waals surface area (Å²) < 4.78 is 16.2. The summed E-state index contributed by atoms with van der Waals surface area (Å²) in [6.45, 7) is 1.40. The second-order valence-electron chi connectivity index (χ2n) is 6.57. The van der Waals surface area contributed by atoms with E-state index in [1.165, 1.54) is 55.5 Å². The van der Waals surface area contributed by atoms with Gasteiger partial charge in [-0.1, -0.05) is 35.2 Å². The van der Waals surface area contributed by atoms with Crippen LogP contribution in [0.5, 0.6) is 11.5 Å². The van der Waals surface area contributed by atoms with Crippen LogP contribution in [-0.4, -0.2) is 54.4 Å². The van der Waals surface area contributed by atoms with Crippen molar-refractivity contribution < 1.29 is 28.6 Å². The van der Waals surface area contributed by atoms with Crippen LogP contribution in [0.1, 0.15) is 25.7 Å². The number of benzene rings is 2. The molecule has 1 aromatic heterocycles. The van der Waals surface area contributed by atoms with Gasteiger partial charge in [0.2, 0.25) is 5.91 Å². The molecule has 0 radical (unpaired) electrons. The minimum absolute atomic E-state index is 0.113. The molecule has 0 atom stereocenters. The van der Waals surface area contributed by atoms with Gasteiger partial charge in [0.15, 0.2) is 16.7 Å². The third-order valence-electron chi connectivity index (χ3n) is 4.27. The Morgan fingerprint density at radius 3 is 2.55 bits per heavy atom. The standard InChI is InChI=1S/C22H21N3O6S2/c1-13-24-25-22(33-13)32-12-20(27)23-17-10-15(7-8-19(17)30-3)21(28)31-11-18(26)14-5-4-6-16(9-14)29-2/h4-10H,11-12H2,1-3H3,(H,23,27). The van der Waals surface area contributed by atoms with E-state index in [-0.39, 0.29) is 23.0 Å². The Labute approximate surface area is 198 Å². The fourth-order valence-corrected chi connectivity index (χ4v) is 4.29. The average Bonchev–Trinajstić information content (AvgIpc) is 3.26. The van der Waals surface area contributed by atoms with E-state index in [2.05, 4.69) is 15.5 Å². The smallest absolute Gasteiger partial charge is 0.338 e. The highest BCUT2D eigenvalue weighted by Gasteiger charge is 2.16. The van der Waals surface area contributed by atoms with E-state index in [1.54, 1.807) is 24.3 Å². The van der Waals surface area contributed by atoms with Crippen molar-refractivity contribution in [2.45, 2.75) is 11.3 Å². The van der Waals surface area contributed by atoms with Crippen molar-refractivity contribution in [2.75, 3.05) is 31.9 Å². The molecule has 0 bridgehead atoms. The molecule has 172 valence electrons. The quantitative estimate of drug-likeness (QED) is 0.260. The molecule has 0 saturated heterocycles. The van der Waals surface area contributed by atoms with Crippen LogP contribution >= 0.6 is 23.1 Å². The first kappa shape index (κ1) is 24.2. The molecular formula is C22H21N3O6S2. The number of anilines is 1. The first-order valence-corrected chi connectivity index (χ1v) is 11.4. The van der Waals surface area contributed by atoms with Crippen molar-refractivity contribution in [1.82, 2.24) is 10.2 Å². The molecule has 0 aliphatic rings. The van der Waals surface area contributed by atoms with Crippen LogP contribution in [0.4, 0.5) is 5.69 Å². The van der Waals surface area contributed by atoms with Gasteiger partial charge < -0.3 is 19.5 Å². The number of thioether (sulfide) groups is 1. The summed E-state index contributed by atoms with van der Waals surface area (Å²) in [5.41, 5.74) is 0.843. The van der Waals surface area contributed by atoms with Crippen molar-refractivity contribution in [1.29, 1.82) is 0 Å². The van der Waals surface area contributed by atoms with Gasteiger partial charge in [0, 0.05) is 5.56 Å². The number of nitrogens with zero attached hydrogens (tertiary/aromatic N) is 2. The Morgan fingerprint density at radius 1 is 1.03 bits per heavy atom. The number of hydrogen-bond donors (Lipinski definition) is 1. The lowest BCUT2D eigenvalue weighted by Crippen LogP contribution is -2.17. The van der Waals surface area contributed by atoms with Gasteiger partial charge >= 0.3 is 5.97 Å². The molecule has 1 amide bonds. The predicted octanol–water partition coefficient (Wildman–Crippen LogP) is 3.63. The number of carbonyl (C=O) groups excluding carboxylic acids is 3. The molecular weight excluding hydrogens is 466 g/mol. The minimum atomic E-state index is -0.705. The SMILES string of the molecule is COc1cccc(C(=O)COC(=O)c2ccc(OC)c(NC(=O)CSc3nnc(C)s3)c2)c1. The zero-order valence-corrected chi connectivity index (χ0v) is 19.7. The van der Waals surface area contributed by atoms with Gasteiger partial charge in [-0.15, -0.1) is 10.2 Å². The van der Waals surface area contributed by atoms with E-state index in [9.17, 15) is 14.4 Å². The third kappa shape index (κ3) is 6.77. The lowest BCUT2D eigenvalue weighted by Gasteiger charge is -2.12. The summed E-state index contributed by atoms with van der Waals surface area (Å²) in [7, 11) is 2.95. The van der Waals surface area contributed by atoms with Crippen LogP contribution in [-0.2, 0) is 9.53 Å². The average molecular weight is 488 g/mol. The Bertz CT molecular complexity index is 1160. The zero-order chi connectivity index (χ0) is 23.8. The molecule has 0 saturated carbocycles. The molecule has 33 heavy (non-hydrogen) atoms. The second-order valence-corrected chi connectivity index (χ2v) is 8.97. The summed E-state index contributed by atoms with van der Waals surface area (Å²) in [5, 5.41) is 11.4. The number of aryl methyl sites for hydroxylation is 1. The van der Waals surface area contributed by atoms with E-state index in [4.69, 9.17) is 14.2 Å². The summed E-state index contributed by atoms with van der Waals surface area (Å²) in [4.78, 5) is 37.2. The monoisotopic (exact) mass is 487 g/mol. The number of amides is 1. The van der Waals surface area contributed by atoms with Crippen LogP contribution in [0.2, 0.25) is 0 Å². The highest BCUT2D eigenvalue weighted by Crippen LogP contribution is 2.27. The molecule has 0 aliphatic carbocycles. The van der Waals surface area contributed by atoms with Crippen molar-refractivity contribution in [3.63, 3.8) is 0 Å². The van der Waals surface area contributed by atoms with Gasteiger partial charge in [0.25, 0.3) is 0 Å². The molecule has 9 nitrogen and oxygen atoms in total. The molecule has 0 unspecified atom stereocenters. The second kappa shape index (κ2) is 11.4. The normalized spacial score (nSPS) is 10.4. The highest BCUT2D eigenvalue weighted by molar-refractivity contribution is 8.01. The first-order chi connectivity index (χ1) is 15.9. The lowest BCUT2D eigenvalue weighted by molar-refractivity contribution is -0.113. The molecule has 0 fully saturated rings. The van der Waals surface area contributed by atoms with Gasteiger partial charge in [-0.05, 0) is 37.3 Å². The predicted molar refractivity (Wildman–Crippen MR) is 125 cm³/mol. The molecule has 11 heteroatoms. The molecule has 0 aliphatic heterocycles. The molecule has 3 aromatic rings. The van der Waals surface area contributed by atoms with Crippen molar-refractivity contribution in [2.24, 2.45) is 0 Å². The van der Waals surface area contributed by atoms with Crippen LogP contribution in [0, 0.1) is 6.92 Å². The number of rotatable bonds is 10. The fourth-order valence-electron chi connectivity index (χ4n) is 2.68. The van der Waals surface area contributed by atoms with Crippen molar-refractivity contribution in [3.05, 3.63) is 58.6 Å². The number of esters is 1. The van der Waals surface area contributed by atoms with Gasteiger partial charge in [0.1, 0.15) is 16.5 Å². The minimum Gasteiger partial charge on any atom is -0.497 e. The topological polar surface area (TPSA) is 117 Å². The maximum Gasteiger partial charge on any atom is 0.338 e. The summed E-state index contributed by atoms with van der Waals surface area (Å²) in [5.74, 6) is -0.353. The van der Waals surface area contributed by atoms with Crippen LogP contribution in [0.3, 0.4) is 0 Å². The molecule has 3 rings (SSSR count). The molecule has 1 heterocycles. The van der Waals surface area contributed by atoms with E-state index in [0.29, 0.717) is 27.1 Å². The number of Topliss-reactive ketones (excluding diaryl/α,β-unsaturated/α-hetero) is 1. The maximum absolute atomic E-state index is 12.5. The number of hydrogen-bond acceptors (Lipinski definition) is 10. The Kier molecular flexibility index (Phi) is 8.39. The van der Waals surface area contributed by atoms with Crippen LogP contribution in [0.25, 0.3) is 0 Å². The zero-order valence-electron chi connectivity index (χ0n) is 18.1. The maximum atomic E-state index is 12.5. The van der Waals surface area contributed by atoms with Gasteiger partial charge in [-0.3, -0.25) is 9.59 Å². The number of methoxy groups -OCH3 is 2. The number of carbonyl (C=O) groups is 3. The lowest BCUT2D eigenvalue weighted by atomic mass is 10.1.